The highest BCUT2D eigenvalue weighted by atomic mass is 35.5. The van der Waals surface area contributed by atoms with E-state index in [-0.39, 0.29) is 6.10 Å². The maximum Gasteiger partial charge on any atom is 0.119 e. The Bertz CT molecular complexity index is 526. The van der Waals surface area contributed by atoms with Crippen LogP contribution in [0.15, 0.2) is 54.6 Å². The molecule has 19 heavy (non-hydrogen) atoms. The van der Waals surface area contributed by atoms with E-state index in [1.54, 1.807) is 0 Å². The molecule has 0 N–H and O–H groups in total. The fourth-order valence-electron chi connectivity index (χ4n) is 2.38. The summed E-state index contributed by atoms with van der Waals surface area (Å²) in [4.78, 5) is 2.24. The van der Waals surface area contributed by atoms with E-state index < -0.39 is 0 Å². The topological polar surface area (TPSA) is 12.5 Å². The Morgan fingerprint density at radius 3 is 2.53 bits per heavy atom. The van der Waals surface area contributed by atoms with Gasteiger partial charge in [0.15, 0.2) is 0 Å². The van der Waals surface area contributed by atoms with Crippen LogP contribution in [0.4, 0.5) is 5.69 Å². The average Bonchev–Trinajstić information content (AvgIpc) is 2.89. The zero-order chi connectivity index (χ0) is 13.1. The van der Waals surface area contributed by atoms with Crippen molar-refractivity contribution in [3.05, 3.63) is 65.2 Å². The monoisotopic (exact) mass is 273 g/mol. The van der Waals surface area contributed by atoms with E-state index in [1.807, 2.05) is 30.3 Å². The van der Waals surface area contributed by atoms with Crippen molar-refractivity contribution < 1.29 is 4.74 Å². The van der Waals surface area contributed by atoms with Crippen LogP contribution in [0.1, 0.15) is 5.56 Å². The number of ether oxygens (including phenoxy) is 1. The van der Waals surface area contributed by atoms with Crippen molar-refractivity contribution in [3.8, 4) is 0 Å². The summed E-state index contributed by atoms with van der Waals surface area (Å²) in [5, 5.41) is 0.768. The van der Waals surface area contributed by atoms with Crippen molar-refractivity contribution in [1.29, 1.82) is 0 Å². The zero-order valence-corrected chi connectivity index (χ0v) is 11.4. The van der Waals surface area contributed by atoms with Crippen molar-refractivity contribution in [3.63, 3.8) is 0 Å². The smallest absolute Gasteiger partial charge is 0.119 e. The number of hydrogen-bond donors (Lipinski definition) is 0. The normalized spacial score (nSPS) is 18.8. The molecule has 98 valence electrons. The lowest BCUT2D eigenvalue weighted by molar-refractivity contribution is 0.117. The molecule has 2 aromatic rings. The lowest BCUT2D eigenvalue weighted by Gasteiger charge is -2.16. The van der Waals surface area contributed by atoms with Crippen LogP contribution in [0.5, 0.6) is 0 Å². The number of hydrogen-bond acceptors (Lipinski definition) is 2. The SMILES string of the molecule is Clc1ccc(N2COC(Cc3ccccc3)C2)cc1. The predicted molar refractivity (Wildman–Crippen MR) is 78.7 cm³/mol. The summed E-state index contributed by atoms with van der Waals surface area (Å²) in [6, 6.07) is 18.4. The number of halogens is 1. The third-order valence-corrected chi connectivity index (χ3v) is 3.64. The minimum Gasteiger partial charge on any atom is -0.356 e. The first-order chi connectivity index (χ1) is 9.31. The maximum absolute atomic E-state index is 5.90. The van der Waals surface area contributed by atoms with Crippen LogP contribution in [0.3, 0.4) is 0 Å². The summed E-state index contributed by atoms with van der Waals surface area (Å²) < 4.78 is 5.85. The minimum absolute atomic E-state index is 0.262. The van der Waals surface area contributed by atoms with E-state index in [2.05, 4.69) is 29.2 Å². The standard InChI is InChI=1S/C16H16ClNO/c17-14-6-8-15(9-7-14)18-11-16(19-12-18)10-13-4-2-1-3-5-13/h1-9,16H,10-12H2. The largest absolute Gasteiger partial charge is 0.356 e. The van der Waals surface area contributed by atoms with Gasteiger partial charge in [0.25, 0.3) is 0 Å². The van der Waals surface area contributed by atoms with E-state index in [0.29, 0.717) is 6.73 Å². The quantitative estimate of drug-likeness (QED) is 0.845. The Morgan fingerprint density at radius 2 is 1.79 bits per heavy atom. The van der Waals surface area contributed by atoms with Crippen molar-refractivity contribution in [1.82, 2.24) is 0 Å². The Balaban J connectivity index is 1.62. The molecule has 3 heteroatoms. The van der Waals surface area contributed by atoms with Crippen molar-refractivity contribution in [2.45, 2.75) is 12.5 Å². The van der Waals surface area contributed by atoms with Gasteiger partial charge < -0.3 is 9.64 Å². The second-order valence-corrected chi connectivity index (χ2v) is 5.24. The Morgan fingerprint density at radius 1 is 1.05 bits per heavy atom. The molecule has 3 rings (SSSR count). The molecule has 0 aliphatic carbocycles. The second kappa shape index (κ2) is 5.64. The number of nitrogens with zero attached hydrogens (tertiary/aromatic N) is 1. The fourth-order valence-corrected chi connectivity index (χ4v) is 2.50. The molecule has 1 fully saturated rings. The van der Waals surface area contributed by atoms with Gasteiger partial charge in [0.2, 0.25) is 0 Å². The maximum atomic E-state index is 5.90. The fraction of sp³-hybridized carbons (Fsp3) is 0.250. The molecule has 2 aromatic carbocycles. The molecule has 1 heterocycles. The van der Waals surface area contributed by atoms with Gasteiger partial charge in [-0.15, -0.1) is 0 Å². The molecule has 0 amide bonds. The molecule has 0 aromatic heterocycles. The average molecular weight is 274 g/mol. The highest BCUT2D eigenvalue weighted by Crippen LogP contribution is 2.23. The van der Waals surface area contributed by atoms with Gasteiger partial charge in [0, 0.05) is 23.7 Å². The van der Waals surface area contributed by atoms with Crippen LogP contribution in [-0.2, 0) is 11.2 Å². The Kier molecular flexibility index (Phi) is 3.72. The van der Waals surface area contributed by atoms with Crippen molar-refractivity contribution >= 4 is 17.3 Å². The van der Waals surface area contributed by atoms with E-state index in [4.69, 9.17) is 16.3 Å². The highest BCUT2D eigenvalue weighted by Gasteiger charge is 2.23. The molecule has 1 atom stereocenters. The van der Waals surface area contributed by atoms with Crippen LogP contribution in [-0.4, -0.2) is 19.4 Å². The van der Waals surface area contributed by atoms with E-state index in [0.717, 1.165) is 18.0 Å². The van der Waals surface area contributed by atoms with Gasteiger partial charge in [-0.2, -0.15) is 0 Å². The predicted octanol–water partition coefficient (Wildman–Crippen LogP) is 3.75. The summed E-state index contributed by atoms with van der Waals surface area (Å²) in [7, 11) is 0. The first-order valence-electron chi connectivity index (χ1n) is 6.47. The molecular weight excluding hydrogens is 258 g/mol. The lowest BCUT2D eigenvalue weighted by atomic mass is 10.1. The summed E-state index contributed by atoms with van der Waals surface area (Å²) in [5.41, 5.74) is 2.49. The molecule has 2 nitrogen and oxygen atoms in total. The van der Waals surface area contributed by atoms with Gasteiger partial charge in [0.05, 0.1) is 6.10 Å². The molecule has 0 bridgehead atoms. The molecular formula is C16H16ClNO. The van der Waals surface area contributed by atoms with Gasteiger partial charge in [-0.05, 0) is 29.8 Å². The molecule has 1 saturated heterocycles. The van der Waals surface area contributed by atoms with Crippen LogP contribution in [0, 0.1) is 0 Å². The van der Waals surface area contributed by atoms with Gasteiger partial charge in [-0.25, -0.2) is 0 Å². The number of benzene rings is 2. The molecule has 0 radical (unpaired) electrons. The Hall–Kier alpha value is -1.51. The van der Waals surface area contributed by atoms with Crippen molar-refractivity contribution in [2.24, 2.45) is 0 Å². The number of anilines is 1. The molecule has 1 aliphatic rings. The summed E-state index contributed by atoms with van der Waals surface area (Å²) in [5.74, 6) is 0. The Labute approximate surface area is 118 Å². The third kappa shape index (κ3) is 3.09. The van der Waals surface area contributed by atoms with E-state index >= 15 is 0 Å². The van der Waals surface area contributed by atoms with Crippen LogP contribution < -0.4 is 4.90 Å². The summed E-state index contributed by atoms with van der Waals surface area (Å²) in [6.45, 7) is 1.58. The summed E-state index contributed by atoms with van der Waals surface area (Å²) >= 11 is 5.90. The second-order valence-electron chi connectivity index (χ2n) is 4.81. The van der Waals surface area contributed by atoms with Crippen LogP contribution >= 0.6 is 11.6 Å². The van der Waals surface area contributed by atoms with Crippen LogP contribution in [0.2, 0.25) is 5.02 Å². The summed E-state index contributed by atoms with van der Waals surface area (Å²) in [6.07, 6.45) is 1.23. The molecule has 1 aliphatic heterocycles. The molecule has 1 unspecified atom stereocenters. The van der Waals surface area contributed by atoms with Crippen molar-refractivity contribution in [2.75, 3.05) is 18.2 Å². The lowest BCUT2D eigenvalue weighted by Crippen LogP contribution is -2.22. The minimum atomic E-state index is 0.262. The molecule has 0 saturated carbocycles. The van der Waals surface area contributed by atoms with Gasteiger partial charge in [-0.1, -0.05) is 41.9 Å². The van der Waals surface area contributed by atoms with E-state index in [9.17, 15) is 0 Å². The van der Waals surface area contributed by atoms with Gasteiger partial charge in [-0.3, -0.25) is 0 Å². The van der Waals surface area contributed by atoms with Gasteiger partial charge >= 0.3 is 0 Å². The number of rotatable bonds is 3. The zero-order valence-electron chi connectivity index (χ0n) is 10.6. The van der Waals surface area contributed by atoms with E-state index in [1.165, 1.54) is 11.3 Å². The first-order valence-corrected chi connectivity index (χ1v) is 6.85. The highest BCUT2D eigenvalue weighted by molar-refractivity contribution is 6.30. The third-order valence-electron chi connectivity index (χ3n) is 3.39. The first kappa shape index (κ1) is 12.5. The van der Waals surface area contributed by atoms with Crippen LogP contribution in [0.25, 0.3) is 0 Å². The van der Waals surface area contributed by atoms with Gasteiger partial charge in [0.1, 0.15) is 6.73 Å². The molecule has 0 spiro atoms.